The highest BCUT2D eigenvalue weighted by Gasteiger charge is 2.27. The van der Waals surface area contributed by atoms with Gasteiger partial charge >= 0.3 is 0 Å². The number of piperazine rings is 1. The van der Waals surface area contributed by atoms with Crippen LogP contribution in [0.4, 0.5) is 0 Å². The Labute approximate surface area is 118 Å². The molecule has 1 aromatic rings. The van der Waals surface area contributed by atoms with Gasteiger partial charge in [-0.15, -0.1) is 0 Å². The number of nitriles is 1. The van der Waals surface area contributed by atoms with Crippen molar-refractivity contribution in [1.82, 2.24) is 10.2 Å². The number of methoxy groups -OCH3 is 1. The van der Waals surface area contributed by atoms with E-state index in [1.165, 1.54) is 7.11 Å². The van der Waals surface area contributed by atoms with Crippen molar-refractivity contribution in [1.29, 1.82) is 5.26 Å². The second-order valence-corrected chi connectivity index (χ2v) is 4.66. The molecule has 1 aliphatic heterocycles. The van der Waals surface area contributed by atoms with Crippen LogP contribution in [0.15, 0.2) is 18.2 Å². The van der Waals surface area contributed by atoms with Gasteiger partial charge in [-0.3, -0.25) is 9.69 Å². The molecule has 1 atom stereocenters. The number of nitrogens with one attached hydrogen (secondary N) is 1. The molecule has 2 rings (SSSR count). The number of hydrogen-bond donors (Lipinski definition) is 2. The van der Waals surface area contributed by atoms with Gasteiger partial charge in [-0.2, -0.15) is 5.26 Å². The molecule has 0 spiro atoms. The van der Waals surface area contributed by atoms with Crippen molar-refractivity contribution in [3.8, 4) is 11.8 Å². The summed E-state index contributed by atoms with van der Waals surface area (Å²) in [4.78, 5) is 13.8. The van der Waals surface area contributed by atoms with E-state index in [1.54, 1.807) is 18.2 Å². The summed E-state index contributed by atoms with van der Waals surface area (Å²) in [6, 6.07) is 6.74. The normalized spacial score (nSPS) is 17.2. The molecule has 1 saturated heterocycles. The highest BCUT2D eigenvalue weighted by molar-refractivity contribution is 5.81. The molecule has 6 heteroatoms. The van der Waals surface area contributed by atoms with Crippen LogP contribution in [0.1, 0.15) is 17.2 Å². The minimum Gasteiger partial charge on any atom is -0.495 e. The molecule has 0 aliphatic carbocycles. The molecule has 0 saturated carbocycles. The minimum atomic E-state index is -0.505. The number of nitrogens with zero attached hydrogens (tertiary/aromatic N) is 2. The Hall–Kier alpha value is -2.10. The molecule has 1 aliphatic rings. The lowest BCUT2D eigenvalue weighted by molar-refractivity contribution is -0.123. The van der Waals surface area contributed by atoms with Gasteiger partial charge in [0.15, 0.2) is 0 Å². The quantitative estimate of drug-likeness (QED) is 0.806. The van der Waals surface area contributed by atoms with Gasteiger partial charge < -0.3 is 15.8 Å². The highest BCUT2D eigenvalue weighted by atomic mass is 16.5. The summed E-state index contributed by atoms with van der Waals surface area (Å²) >= 11 is 0. The van der Waals surface area contributed by atoms with Crippen molar-refractivity contribution >= 4 is 5.91 Å². The zero-order valence-electron chi connectivity index (χ0n) is 11.4. The number of ether oxygens (including phenoxy) is 1. The van der Waals surface area contributed by atoms with Gasteiger partial charge in [0.05, 0.1) is 12.7 Å². The van der Waals surface area contributed by atoms with Crippen molar-refractivity contribution in [2.24, 2.45) is 5.73 Å². The number of benzene rings is 1. The van der Waals surface area contributed by atoms with Crippen molar-refractivity contribution in [3.05, 3.63) is 29.3 Å². The van der Waals surface area contributed by atoms with E-state index in [9.17, 15) is 4.79 Å². The molecule has 0 bridgehead atoms. The Kier molecular flexibility index (Phi) is 4.56. The Morgan fingerprint density at radius 3 is 2.75 bits per heavy atom. The Bertz CT molecular complexity index is 532. The van der Waals surface area contributed by atoms with Gasteiger partial charge in [-0.05, 0) is 17.7 Å². The van der Waals surface area contributed by atoms with E-state index in [0.29, 0.717) is 11.3 Å². The number of nitrogens with two attached hydrogens (primary N) is 1. The van der Waals surface area contributed by atoms with Gasteiger partial charge in [0, 0.05) is 26.2 Å². The number of amides is 1. The van der Waals surface area contributed by atoms with Crippen LogP contribution < -0.4 is 15.8 Å². The fourth-order valence-electron chi connectivity index (χ4n) is 2.48. The molecule has 1 unspecified atom stereocenters. The minimum absolute atomic E-state index is 0.402. The summed E-state index contributed by atoms with van der Waals surface area (Å²) in [7, 11) is 1.51. The van der Waals surface area contributed by atoms with Gasteiger partial charge in [-0.25, -0.2) is 0 Å². The summed E-state index contributed by atoms with van der Waals surface area (Å²) < 4.78 is 5.11. The highest BCUT2D eigenvalue weighted by Crippen LogP contribution is 2.26. The molecule has 1 heterocycles. The topological polar surface area (TPSA) is 91.4 Å². The lowest BCUT2D eigenvalue weighted by atomic mass is 10.0. The molecule has 6 nitrogen and oxygen atoms in total. The smallest absolute Gasteiger partial charge is 0.239 e. The van der Waals surface area contributed by atoms with Gasteiger partial charge in [-0.1, -0.05) is 6.07 Å². The van der Waals surface area contributed by atoms with E-state index in [-0.39, 0.29) is 0 Å². The van der Waals surface area contributed by atoms with E-state index in [4.69, 9.17) is 15.7 Å². The Balaban J connectivity index is 2.34. The average Bonchev–Trinajstić information content (AvgIpc) is 2.48. The maximum atomic E-state index is 11.8. The van der Waals surface area contributed by atoms with E-state index >= 15 is 0 Å². The molecule has 106 valence electrons. The van der Waals surface area contributed by atoms with E-state index in [0.717, 1.165) is 31.7 Å². The lowest BCUT2D eigenvalue weighted by Gasteiger charge is -2.33. The largest absolute Gasteiger partial charge is 0.495 e. The van der Waals surface area contributed by atoms with Gasteiger partial charge in [0.1, 0.15) is 17.9 Å². The van der Waals surface area contributed by atoms with E-state index in [2.05, 4.69) is 11.4 Å². The number of primary amides is 1. The first-order valence-electron chi connectivity index (χ1n) is 6.49. The summed E-state index contributed by atoms with van der Waals surface area (Å²) in [5.74, 6) is 0.0979. The van der Waals surface area contributed by atoms with Crippen molar-refractivity contribution < 1.29 is 9.53 Å². The fourth-order valence-corrected chi connectivity index (χ4v) is 2.48. The molecule has 0 aromatic heterocycles. The van der Waals surface area contributed by atoms with Crippen LogP contribution in [0.3, 0.4) is 0 Å². The predicted octanol–water partition coefficient (Wildman–Crippen LogP) is -0.00152. The molecule has 1 amide bonds. The van der Waals surface area contributed by atoms with E-state index in [1.807, 2.05) is 4.90 Å². The number of carbonyl (C=O) groups excluding carboxylic acids is 1. The monoisotopic (exact) mass is 274 g/mol. The first kappa shape index (κ1) is 14.3. The molecular formula is C14H18N4O2. The Morgan fingerprint density at radius 1 is 1.50 bits per heavy atom. The third-order valence-corrected chi connectivity index (χ3v) is 3.45. The van der Waals surface area contributed by atoms with Gasteiger partial charge in [0.2, 0.25) is 5.91 Å². The van der Waals surface area contributed by atoms with Crippen LogP contribution in [0.2, 0.25) is 0 Å². The average molecular weight is 274 g/mol. The lowest BCUT2D eigenvalue weighted by Crippen LogP contribution is -2.48. The third kappa shape index (κ3) is 2.90. The first-order chi connectivity index (χ1) is 9.67. The van der Waals surface area contributed by atoms with Crippen molar-refractivity contribution in [2.75, 3.05) is 33.3 Å². The SMILES string of the molecule is COc1ccc(C(C(N)=O)N2CCNCC2)cc1C#N. The first-order valence-corrected chi connectivity index (χ1v) is 6.49. The molecule has 3 N–H and O–H groups in total. The zero-order chi connectivity index (χ0) is 14.5. The predicted molar refractivity (Wildman–Crippen MR) is 74.1 cm³/mol. The second kappa shape index (κ2) is 6.37. The van der Waals surface area contributed by atoms with Crippen LogP contribution in [-0.2, 0) is 4.79 Å². The summed E-state index contributed by atoms with van der Waals surface area (Å²) in [6.07, 6.45) is 0. The van der Waals surface area contributed by atoms with Crippen molar-refractivity contribution in [2.45, 2.75) is 6.04 Å². The van der Waals surface area contributed by atoms with E-state index < -0.39 is 11.9 Å². The number of hydrogen-bond acceptors (Lipinski definition) is 5. The Morgan fingerprint density at radius 2 is 2.20 bits per heavy atom. The van der Waals surface area contributed by atoms with Crippen LogP contribution in [0.25, 0.3) is 0 Å². The molecule has 1 fully saturated rings. The zero-order valence-corrected chi connectivity index (χ0v) is 11.4. The summed E-state index contributed by atoms with van der Waals surface area (Å²) in [5, 5.41) is 12.4. The van der Waals surface area contributed by atoms with Crippen LogP contribution in [0.5, 0.6) is 5.75 Å². The molecule has 1 aromatic carbocycles. The van der Waals surface area contributed by atoms with Crippen molar-refractivity contribution in [3.63, 3.8) is 0 Å². The fraction of sp³-hybridized carbons (Fsp3) is 0.429. The third-order valence-electron chi connectivity index (χ3n) is 3.45. The van der Waals surface area contributed by atoms with Crippen LogP contribution in [-0.4, -0.2) is 44.1 Å². The summed E-state index contributed by atoms with van der Waals surface area (Å²) in [5.41, 5.74) is 6.69. The standard InChI is InChI=1S/C14H18N4O2/c1-20-12-3-2-10(8-11(12)9-15)13(14(16)19)18-6-4-17-5-7-18/h2-3,8,13,17H,4-7H2,1H3,(H2,16,19). The summed E-state index contributed by atoms with van der Waals surface area (Å²) in [6.45, 7) is 3.15. The van der Waals surface area contributed by atoms with Gasteiger partial charge in [0.25, 0.3) is 0 Å². The molecular weight excluding hydrogens is 256 g/mol. The van der Waals surface area contributed by atoms with Crippen LogP contribution >= 0.6 is 0 Å². The molecule has 20 heavy (non-hydrogen) atoms. The number of rotatable bonds is 4. The second-order valence-electron chi connectivity index (χ2n) is 4.66. The number of carbonyl (C=O) groups is 1. The molecule has 0 radical (unpaired) electrons. The van der Waals surface area contributed by atoms with Crippen LogP contribution in [0, 0.1) is 11.3 Å². The maximum absolute atomic E-state index is 11.8. The maximum Gasteiger partial charge on any atom is 0.239 e.